The highest BCUT2D eigenvalue weighted by Crippen LogP contribution is 2.25. The standard InChI is InChI=1S/C26H41N3O4/c1-9-11-12-15-27-23(30)22(21-14-13-18(3)19(4)17-21)29(16-10-2)24(31)20(5)28-25(32)33-26(6,7)8/h10,13-14,17,20,22H,2,9,11-12,15-16H2,1,3-8H3,(H,27,30)(H,28,32). The molecule has 1 aromatic rings. The van der Waals surface area contributed by atoms with Gasteiger partial charge in [-0.05, 0) is 64.7 Å². The highest BCUT2D eigenvalue weighted by molar-refractivity contribution is 5.92. The predicted octanol–water partition coefficient (Wildman–Crippen LogP) is 4.58. The van der Waals surface area contributed by atoms with E-state index < -0.39 is 29.7 Å². The largest absolute Gasteiger partial charge is 0.444 e. The summed E-state index contributed by atoms with van der Waals surface area (Å²) in [6.07, 6.45) is 3.82. The number of hydrogen-bond donors (Lipinski definition) is 2. The van der Waals surface area contributed by atoms with Crippen molar-refractivity contribution in [2.45, 2.75) is 85.4 Å². The van der Waals surface area contributed by atoms with Crippen molar-refractivity contribution in [3.05, 3.63) is 47.5 Å². The predicted molar refractivity (Wildman–Crippen MR) is 132 cm³/mol. The van der Waals surface area contributed by atoms with Crippen LogP contribution in [0.15, 0.2) is 30.9 Å². The van der Waals surface area contributed by atoms with Crippen LogP contribution in [0.4, 0.5) is 4.79 Å². The number of benzene rings is 1. The second kappa shape index (κ2) is 13.0. The Morgan fingerprint density at radius 1 is 1.15 bits per heavy atom. The third-order valence-corrected chi connectivity index (χ3v) is 5.20. The van der Waals surface area contributed by atoms with Gasteiger partial charge in [-0.2, -0.15) is 0 Å². The topological polar surface area (TPSA) is 87.7 Å². The fraction of sp³-hybridized carbons (Fsp3) is 0.577. The van der Waals surface area contributed by atoms with E-state index in [1.165, 1.54) is 4.90 Å². The normalized spacial score (nSPS) is 12.9. The lowest BCUT2D eigenvalue weighted by molar-refractivity contribution is -0.141. The molecule has 33 heavy (non-hydrogen) atoms. The minimum atomic E-state index is -0.887. The van der Waals surface area contributed by atoms with E-state index >= 15 is 0 Å². The van der Waals surface area contributed by atoms with Crippen molar-refractivity contribution in [2.75, 3.05) is 13.1 Å². The van der Waals surface area contributed by atoms with Gasteiger partial charge < -0.3 is 20.3 Å². The lowest BCUT2D eigenvalue weighted by Crippen LogP contribution is -2.52. The molecule has 2 atom stereocenters. The van der Waals surface area contributed by atoms with Gasteiger partial charge in [0.2, 0.25) is 11.8 Å². The molecule has 0 bridgehead atoms. The number of carbonyl (C=O) groups excluding carboxylic acids is 3. The lowest BCUT2D eigenvalue weighted by Gasteiger charge is -2.33. The van der Waals surface area contributed by atoms with Gasteiger partial charge >= 0.3 is 6.09 Å². The van der Waals surface area contributed by atoms with Crippen molar-refractivity contribution in [1.82, 2.24) is 15.5 Å². The third-order valence-electron chi connectivity index (χ3n) is 5.20. The van der Waals surface area contributed by atoms with Crippen molar-refractivity contribution >= 4 is 17.9 Å². The quantitative estimate of drug-likeness (QED) is 0.375. The second-order valence-electron chi connectivity index (χ2n) is 9.39. The summed E-state index contributed by atoms with van der Waals surface area (Å²) in [5, 5.41) is 5.56. The van der Waals surface area contributed by atoms with E-state index in [0.29, 0.717) is 12.1 Å². The Kier molecular flexibility index (Phi) is 11.1. The van der Waals surface area contributed by atoms with Crippen LogP contribution in [0.3, 0.4) is 0 Å². The molecule has 1 aromatic carbocycles. The number of alkyl carbamates (subject to hydrolysis) is 1. The molecule has 0 saturated carbocycles. The number of nitrogens with zero attached hydrogens (tertiary/aromatic N) is 1. The minimum Gasteiger partial charge on any atom is -0.444 e. The summed E-state index contributed by atoms with van der Waals surface area (Å²) in [4.78, 5) is 40.4. The van der Waals surface area contributed by atoms with E-state index in [2.05, 4.69) is 24.1 Å². The highest BCUT2D eigenvalue weighted by Gasteiger charge is 2.34. The van der Waals surface area contributed by atoms with Crippen LogP contribution in [0.5, 0.6) is 0 Å². The van der Waals surface area contributed by atoms with Gasteiger partial charge in [-0.3, -0.25) is 9.59 Å². The molecule has 2 unspecified atom stereocenters. The molecule has 0 aliphatic rings. The zero-order valence-corrected chi connectivity index (χ0v) is 21.3. The first-order valence-corrected chi connectivity index (χ1v) is 11.7. The number of unbranched alkanes of at least 4 members (excludes halogenated alkanes) is 2. The number of aryl methyl sites for hydroxylation is 2. The molecule has 0 heterocycles. The van der Waals surface area contributed by atoms with E-state index in [1.54, 1.807) is 33.8 Å². The molecule has 0 radical (unpaired) electrons. The van der Waals surface area contributed by atoms with Gasteiger partial charge in [0, 0.05) is 13.1 Å². The SMILES string of the molecule is C=CCN(C(=O)C(C)NC(=O)OC(C)(C)C)C(C(=O)NCCCCC)c1ccc(C)c(C)c1. The van der Waals surface area contributed by atoms with E-state index in [-0.39, 0.29) is 12.5 Å². The van der Waals surface area contributed by atoms with Crippen LogP contribution < -0.4 is 10.6 Å². The summed E-state index contributed by atoms with van der Waals surface area (Å²) in [5.74, 6) is -0.651. The molecule has 184 valence electrons. The molecule has 3 amide bonds. The van der Waals surface area contributed by atoms with E-state index in [1.807, 2.05) is 32.0 Å². The van der Waals surface area contributed by atoms with Crippen molar-refractivity contribution in [1.29, 1.82) is 0 Å². The monoisotopic (exact) mass is 459 g/mol. The number of nitrogens with one attached hydrogen (secondary N) is 2. The van der Waals surface area contributed by atoms with Gasteiger partial charge in [-0.1, -0.05) is 44.0 Å². The maximum atomic E-state index is 13.4. The lowest BCUT2D eigenvalue weighted by atomic mass is 9.98. The first kappa shape index (κ1) is 28.2. The molecule has 7 heteroatoms. The zero-order chi connectivity index (χ0) is 25.2. The van der Waals surface area contributed by atoms with Gasteiger partial charge in [0.15, 0.2) is 0 Å². The van der Waals surface area contributed by atoms with Crippen LogP contribution in [0.1, 0.15) is 76.6 Å². The Hall–Kier alpha value is -2.83. The number of ether oxygens (including phenoxy) is 1. The summed E-state index contributed by atoms with van der Waals surface area (Å²) in [7, 11) is 0. The van der Waals surface area contributed by atoms with E-state index in [9.17, 15) is 14.4 Å². The van der Waals surface area contributed by atoms with Crippen LogP contribution in [0.2, 0.25) is 0 Å². The van der Waals surface area contributed by atoms with Gasteiger partial charge in [0.25, 0.3) is 0 Å². The molecule has 0 fully saturated rings. The Bertz CT molecular complexity index is 829. The van der Waals surface area contributed by atoms with E-state index in [4.69, 9.17) is 4.74 Å². The number of rotatable bonds is 11. The Morgan fingerprint density at radius 2 is 1.82 bits per heavy atom. The molecular weight excluding hydrogens is 418 g/mol. The third kappa shape index (κ3) is 9.28. The van der Waals surface area contributed by atoms with Gasteiger partial charge in [-0.15, -0.1) is 6.58 Å². The van der Waals surface area contributed by atoms with E-state index in [0.717, 1.165) is 30.4 Å². The maximum Gasteiger partial charge on any atom is 0.408 e. The Balaban J connectivity index is 3.23. The Morgan fingerprint density at radius 3 is 2.36 bits per heavy atom. The minimum absolute atomic E-state index is 0.152. The summed E-state index contributed by atoms with van der Waals surface area (Å²) < 4.78 is 5.28. The first-order chi connectivity index (χ1) is 15.4. The van der Waals surface area contributed by atoms with Crippen molar-refractivity contribution in [3.8, 4) is 0 Å². The number of hydrogen-bond acceptors (Lipinski definition) is 4. The van der Waals surface area contributed by atoms with Crippen LogP contribution in [0, 0.1) is 13.8 Å². The Labute approximate surface area is 198 Å². The van der Waals surface area contributed by atoms with Crippen molar-refractivity contribution < 1.29 is 19.1 Å². The van der Waals surface area contributed by atoms with Crippen LogP contribution in [-0.4, -0.2) is 47.5 Å². The smallest absolute Gasteiger partial charge is 0.408 e. The molecule has 2 N–H and O–H groups in total. The molecule has 0 spiro atoms. The first-order valence-electron chi connectivity index (χ1n) is 11.7. The van der Waals surface area contributed by atoms with Gasteiger partial charge in [0.05, 0.1) is 0 Å². The van der Waals surface area contributed by atoms with Crippen molar-refractivity contribution in [2.24, 2.45) is 0 Å². The fourth-order valence-electron chi connectivity index (χ4n) is 3.35. The summed E-state index contributed by atoms with van der Waals surface area (Å²) in [6, 6.07) is 4.01. The molecule has 7 nitrogen and oxygen atoms in total. The molecule has 0 aromatic heterocycles. The summed E-state index contributed by atoms with van der Waals surface area (Å²) >= 11 is 0. The number of carbonyl (C=O) groups is 3. The zero-order valence-electron chi connectivity index (χ0n) is 21.3. The molecule has 0 aliphatic carbocycles. The van der Waals surface area contributed by atoms with Crippen LogP contribution >= 0.6 is 0 Å². The van der Waals surface area contributed by atoms with Crippen molar-refractivity contribution in [3.63, 3.8) is 0 Å². The average Bonchev–Trinajstić information content (AvgIpc) is 2.71. The number of amides is 3. The van der Waals surface area contributed by atoms with Crippen LogP contribution in [-0.2, 0) is 14.3 Å². The maximum absolute atomic E-state index is 13.4. The highest BCUT2D eigenvalue weighted by atomic mass is 16.6. The van der Waals surface area contributed by atoms with Crippen LogP contribution in [0.25, 0.3) is 0 Å². The molecule has 1 rings (SSSR count). The fourth-order valence-corrected chi connectivity index (χ4v) is 3.35. The van der Waals surface area contributed by atoms with Gasteiger partial charge in [0.1, 0.15) is 17.7 Å². The molecular formula is C26H41N3O4. The summed E-state index contributed by atoms with van der Waals surface area (Å²) in [6.45, 7) is 17.4. The molecule has 0 aliphatic heterocycles. The summed E-state index contributed by atoms with van der Waals surface area (Å²) in [5.41, 5.74) is 2.16. The molecule has 0 saturated heterocycles. The average molecular weight is 460 g/mol. The second-order valence-corrected chi connectivity index (χ2v) is 9.39. The van der Waals surface area contributed by atoms with Gasteiger partial charge in [-0.25, -0.2) is 4.79 Å².